The van der Waals surface area contributed by atoms with Gasteiger partial charge in [-0.2, -0.15) is 0 Å². The van der Waals surface area contributed by atoms with Crippen molar-refractivity contribution in [1.82, 2.24) is 10.6 Å². The predicted molar refractivity (Wildman–Crippen MR) is 68.7 cm³/mol. The van der Waals surface area contributed by atoms with Crippen LogP contribution in [-0.4, -0.2) is 25.7 Å². The first-order chi connectivity index (χ1) is 9.01. The predicted octanol–water partition coefficient (Wildman–Crippen LogP) is 1.79. The van der Waals surface area contributed by atoms with Crippen LogP contribution in [0.2, 0.25) is 0 Å². The quantitative estimate of drug-likeness (QED) is 0.603. The Morgan fingerprint density at radius 2 is 2.16 bits per heavy atom. The molecule has 1 aliphatic rings. The lowest BCUT2D eigenvalue weighted by molar-refractivity contribution is -0.138. The van der Waals surface area contributed by atoms with Crippen molar-refractivity contribution in [2.75, 3.05) is 13.7 Å². The molecule has 1 rings (SSSR count). The highest BCUT2D eigenvalue weighted by atomic mass is 19.1. The summed E-state index contributed by atoms with van der Waals surface area (Å²) in [6.45, 7) is 3.51. The molecule has 0 aromatic rings. The lowest BCUT2D eigenvalue weighted by Crippen LogP contribution is -2.30. The van der Waals surface area contributed by atoms with Gasteiger partial charge in [-0.05, 0) is 18.6 Å². The first kappa shape index (κ1) is 14.9. The summed E-state index contributed by atoms with van der Waals surface area (Å²) in [5, 5.41) is 4.73. The van der Waals surface area contributed by atoms with Crippen LogP contribution in [0.5, 0.6) is 0 Å². The summed E-state index contributed by atoms with van der Waals surface area (Å²) in [6.07, 6.45) is 4.03. The zero-order valence-corrected chi connectivity index (χ0v) is 11.1. The molecule has 0 aromatic carbocycles. The van der Waals surface area contributed by atoms with Gasteiger partial charge in [-0.25, -0.2) is 14.0 Å². The van der Waals surface area contributed by atoms with Crippen LogP contribution in [0, 0.1) is 5.92 Å². The van der Waals surface area contributed by atoms with Gasteiger partial charge in [0.2, 0.25) is 0 Å². The molecule has 0 radical (unpaired) electrons. The molecule has 5 nitrogen and oxygen atoms in total. The molecule has 2 N–H and O–H groups in total. The molecule has 0 aromatic heterocycles. The molecule has 0 bridgehead atoms. The molecule has 6 heteroatoms. The Morgan fingerprint density at radius 1 is 1.47 bits per heavy atom. The van der Waals surface area contributed by atoms with Crippen molar-refractivity contribution in [3.8, 4) is 0 Å². The van der Waals surface area contributed by atoms with Gasteiger partial charge in [-0.3, -0.25) is 0 Å². The summed E-state index contributed by atoms with van der Waals surface area (Å²) in [4.78, 5) is 23.0. The fraction of sp³-hybridized carbons (Fsp3) is 0.385. The molecule has 104 valence electrons. The molecule has 0 aliphatic heterocycles. The Kier molecular flexibility index (Phi) is 5.29. The van der Waals surface area contributed by atoms with E-state index in [0.717, 1.165) is 0 Å². The molecule has 0 spiro atoms. The number of ether oxygens (including phenoxy) is 1. The van der Waals surface area contributed by atoms with Crippen LogP contribution in [-0.2, 0) is 9.53 Å². The highest BCUT2D eigenvalue weighted by Crippen LogP contribution is 2.32. The fourth-order valence-corrected chi connectivity index (χ4v) is 1.61. The number of amides is 2. The minimum atomic E-state index is -0.597. The number of urea groups is 1. The number of carbonyl (C=O) groups excluding carboxylic acids is 2. The summed E-state index contributed by atoms with van der Waals surface area (Å²) in [5.41, 5.74) is 0.620. The number of esters is 1. The minimum absolute atomic E-state index is 0.141. The smallest absolute Gasteiger partial charge is 0.339 e. The second-order valence-corrected chi connectivity index (χ2v) is 3.90. The highest BCUT2D eigenvalue weighted by molar-refractivity contribution is 5.94. The molecule has 0 unspecified atom stereocenters. The van der Waals surface area contributed by atoms with E-state index in [1.165, 1.54) is 25.4 Å². The third-order valence-corrected chi connectivity index (χ3v) is 2.68. The van der Waals surface area contributed by atoms with Crippen molar-refractivity contribution < 1.29 is 18.7 Å². The third-order valence-electron chi connectivity index (χ3n) is 2.68. The van der Waals surface area contributed by atoms with Crippen molar-refractivity contribution in [1.29, 1.82) is 0 Å². The Labute approximate surface area is 111 Å². The number of hydrogen-bond donors (Lipinski definition) is 2. The van der Waals surface area contributed by atoms with Crippen molar-refractivity contribution >= 4 is 12.0 Å². The first-order valence-corrected chi connectivity index (χ1v) is 5.94. The number of halogens is 1. The van der Waals surface area contributed by atoms with Crippen LogP contribution in [0.4, 0.5) is 9.18 Å². The highest BCUT2D eigenvalue weighted by Gasteiger charge is 2.26. The largest absolute Gasteiger partial charge is 0.462 e. The minimum Gasteiger partial charge on any atom is -0.462 e. The van der Waals surface area contributed by atoms with E-state index in [4.69, 9.17) is 4.74 Å². The molecule has 0 fully saturated rings. The standard InChI is InChI=1S/C13H17FN2O3/c1-4-19-12(17)10(7-16-13(18)15-3)9-5-6-11(14)8(9)2/h5-8H,4H2,1-3H3,(H2,15,16,18)/b10-7+/t8-/m1/s1. The molecule has 0 saturated heterocycles. The van der Waals surface area contributed by atoms with E-state index < -0.39 is 17.9 Å². The molecule has 2 amide bonds. The summed E-state index contributed by atoms with van der Waals surface area (Å²) in [7, 11) is 1.45. The monoisotopic (exact) mass is 268 g/mol. The second-order valence-electron chi connectivity index (χ2n) is 3.90. The lowest BCUT2D eigenvalue weighted by Gasteiger charge is -2.13. The van der Waals surface area contributed by atoms with E-state index in [9.17, 15) is 14.0 Å². The number of carbonyl (C=O) groups is 2. The Hall–Kier alpha value is -2.11. The lowest BCUT2D eigenvalue weighted by atomic mass is 9.97. The van der Waals surface area contributed by atoms with E-state index >= 15 is 0 Å². The summed E-state index contributed by atoms with van der Waals surface area (Å²) < 4.78 is 18.3. The van der Waals surface area contributed by atoms with Gasteiger partial charge in [-0.15, -0.1) is 0 Å². The number of hydrogen-bond acceptors (Lipinski definition) is 3. The Balaban J connectivity index is 2.94. The zero-order chi connectivity index (χ0) is 14.4. The number of nitrogens with one attached hydrogen (secondary N) is 2. The maximum absolute atomic E-state index is 13.4. The van der Waals surface area contributed by atoms with Crippen molar-refractivity contribution in [3.63, 3.8) is 0 Å². The van der Waals surface area contributed by atoms with Gasteiger partial charge in [0.05, 0.1) is 12.2 Å². The van der Waals surface area contributed by atoms with Crippen LogP contribution < -0.4 is 10.6 Å². The topological polar surface area (TPSA) is 67.4 Å². The van der Waals surface area contributed by atoms with E-state index in [2.05, 4.69) is 10.6 Å². The van der Waals surface area contributed by atoms with Crippen LogP contribution in [0.25, 0.3) is 0 Å². The maximum Gasteiger partial charge on any atom is 0.339 e. The number of allylic oxidation sites excluding steroid dienone is 3. The van der Waals surface area contributed by atoms with Crippen LogP contribution in [0.1, 0.15) is 13.8 Å². The third kappa shape index (κ3) is 3.67. The maximum atomic E-state index is 13.4. The van der Waals surface area contributed by atoms with Crippen LogP contribution in [0.3, 0.4) is 0 Å². The average Bonchev–Trinajstić information content (AvgIpc) is 2.71. The van der Waals surface area contributed by atoms with Crippen LogP contribution in [0.15, 0.2) is 35.3 Å². The summed E-state index contributed by atoms with van der Waals surface area (Å²) in [6, 6.07) is -0.471. The van der Waals surface area contributed by atoms with Gasteiger partial charge in [0.25, 0.3) is 0 Å². The van der Waals surface area contributed by atoms with E-state index in [-0.39, 0.29) is 18.0 Å². The van der Waals surface area contributed by atoms with E-state index in [1.807, 2.05) is 0 Å². The van der Waals surface area contributed by atoms with Gasteiger partial charge in [0.15, 0.2) is 0 Å². The molecule has 0 heterocycles. The first-order valence-electron chi connectivity index (χ1n) is 5.94. The zero-order valence-electron chi connectivity index (χ0n) is 11.1. The van der Waals surface area contributed by atoms with Gasteiger partial charge in [-0.1, -0.05) is 13.0 Å². The van der Waals surface area contributed by atoms with Crippen molar-refractivity contribution in [2.45, 2.75) is 13.8 Å². The molecular weight excluding hydrogens is 251 g/mol. The molecule has 1 aliphatic carbocycles. The second kappa shape index (κ2) is 6.72. The average molecular weight is 268 g/mol. The van der Waals surface area contributed by atoms with Gasteiger partial charge in [0, 0.05) is 19.2 Å². The summed E-state index contributed by atoms with van der Waals surface area (Å²) in [5.74, 6) is -1.45. The molecule has 1 atom stereocenters. The molecule has 0 saturated carbocycles. The van der Waals surface area contributed by atoms with Crippen molar-refractivity contribution in [2.24, 2.45) is 5.92 Å². The van der Waals surface area contributed by atoms with E-state index in [0.29, 0.717) is 5.57 Å². The van der Waals surface area contributed by atoms with Gasteiger partial charge >= 0.3 is 12.0 Å². The Bertz CT molecular complexity index is 467. The van der Waals surface area contributed by atoms with Crippen LogP contribution >= 0.6 is 0 Å². The van der Waals surface area contributed by atoms with Gasteiger partial charge in [0.1, 0.15) is 5.83 Å². The van der Waals surface area contributed by atoms with Crippen molar-refractivity contribution in [3.05, 3.63) is 35.3 Å². The molecular formula is C13H17FN2O3. The number of rotatable bonds is 4. The Morgan fingerprint density at radius 3 is 2.63 bits per heavy atom. The van der Waals surface area contributed by atoms with Gasteiger partial charge < -0.3 is 15.4 Å². The summed E-state index contributed by atoms with van der Waals surface area (Å²) >= 11 is 0. The fourth-order valence-electron chi connectivity index (χ4n) is 1.61. The SMILES string of the molecule is CCOC(=O)/C(=C/NC(=O)NC)C1=CC=C(F)[C@@H]1C. The van der Waals surface area contributed by atoms with E-state index in [1.54, 1.807) is 13.8 Å². The molecule has 19 heavy (non-hydrogen) atoms. The normalized spacial score (nSPS) is 18.5.